The maximum atomic E-state index is 11.0. The van der Waals surface area contributed by atoms with Crippen LogP contribution >= 0.6 is 0 Å². The van der Waals surface area contributed by atoms with Crippen LogP contribution in [0.5, 0.6) is 0 Å². The van der Waals surface area contributed by atoms with Gasteiger partial charge in [-0.1, -0.05) is 27.4 Å². The highest BCUT2D eigenvalue weighted by atomic mass is 16.3. The first-order valence-corrected chi connectivity index (χ1v) is 6.80. The van der Waals surface area contributed by atoms with Crippen LogP contribution in [0.4, 0.5) is 0 Å². The van der Waals surface area contributed by atoms with Gasteiger partial charge in [0.05, 0.1) is 5.60 Å². The molecule has 2 aliphatic carbocycles. The Morgan fingerprint density at radius 1 is 1.38 bits per heavy atom. The van der Waals surface area contributed by atoms with E-state index in [1.165, 1.54) is 25.7 Å². The maximum Gasteiger partial charge on any atom is 0.0910 e. The third kappa shape index (κ3) is 1.64. The third-order valence-electron chi connectivity index (χ3n) is 5.36. The predicted molar refractivity (Wildman–Crippen MR) is 68.2 cm³/mol. The average Bonchev–Trinajstić information content (AvgIpc) is 2.20. The first kappa shape index (κ1) is 12.2. The Morgan fingerprint density at radius 2 is 2.06 bits per heavy atom. The van der Waals surface area contributed by atoms with E-state index in [1.54, 1.807) is 0 Å². The van der Waals surface area contributed by atoms with Crippen molar-refractivity contribution in [1.82, 2.24) is 0 Å². The zero-order chi connectivity index (χ0) is 12.0. The highest BCUT2D eigenvalue weighted by Gasteiger charge is 2.53. The van der Waals surface area contributed by atoms with Crippen LogP contribution in [0.2, 0.25) is 0 Å². The van der Waals surface area contributed by atoms with Crippen molar-refractivity contribution in [3.05, 3.63) is 12.2 Å². The van der Waals surface area contributed by atoms with Crippen LogP contribution in [0.25, 0.3) is 0 Å². The summed E-state index contributed by atoms with van der Waals surface area (Å²) in [7, 11) is 0. The van der Waals surface area contributed by atoms with Gasteiger partial charge in [0.2, 0.25) is 0 Å². The lowest BCUT2D eigenvalue weighted by atomic mass is 9.53. The molecule has 0 spiro atoms. The molecule has 0 aromatic carbocycles. The molecule has 0 aromatic heterocycles. The predicted octanol–water partition coefficient (Wildman–Crippen LogP) is 3.92. The molecule has 0 heterocycles. The van der Waals surface area contributed by atoms with Crippen molar-refractivity contribution in [3.8, 4) is 0 Å². The quantitative estimate of drug-likeness (QED) is 0.667. The monoisotopic (exact) mass is 222 g/mol. The molecule has 2 saturated carbocycles. The Bertz CT molecular complexity index is 294. The van der Waals surface area contributed by atoms with Crippen LogP contribution in [-0.4, -0.2) is 10.7 Å². The molecule has 2 fully saturated rings. The van der Waals surface area contributed by atoms with Crippen molar-refractivity contribution in [1.29, 1.82) is 0 Å². The Balaban J connectivity index is 2.26. The van der Waals surface area contributed by atoms with Crippen LogP contribution in [0.1, 0.15) is 59.3 Å². The van der Waals surface area contributed by atoms with Gasteiger partial charge in [-0.2, -0.15) is 0 Å². The summed E-state index contributed by atoms with van der Waals surface area (Å²) >= 11 is 0. The Morgan fingerprint density at radius 3 is 2.69 bits per heavy atom. The van der Waals surface area contributed by atoms with Gasteiger partial charge in [0.25, 0.3) is 0 Å². The highest BCUT2D eigenvalue weighted by molar-refractivity contribution is 5.23. The number of rotatable bonds is 1. The summed E-state index contributed by atoms with van der Waals surface area (Å²) in [4.78, 5) is 0. The van der Waals surface area contributed by atoms with Crippen molar-refractivity contribution in [2.75, 3.05) is 0 Å². The number of hydrogen-bond donors (Lipinski definition) is 1. The minimum Gasteiger partial charge on any atom is -0.385 e. The topological polar surface area (TPSA) is 20.2 Å². The van der Waals surface area contributed by atoms with E-state index >= 15 is 0 Å². The fourth-order valence-electron chi connectivity index (χ4n) is 3.81. The molecule has 0 bridgehead atoms. The van der Waals surface area contributed by atoms with Crippen molar-refractivity contribution in [2.45, 2.75) is 64.9 Å². The molecule has 1 nitrogen and oxygen atoms in total. The minimum atomic E-state index is -0.571. The van der Waals surface area contributed by atoms with E-state index in [1.807, 2.05) is 0 Å². The minimum absolute atomic E-state index is 0.105. The zero-order valence-corrected chi connectivity index (χ0v) is 11.1. The normalized spacial score (nSPS) is 44.6. The van der Waals surface area contributed by atoms with Gasteiger partial charge in [0, 0.05) is 5.41 Å². The van der Waals surface area contributed by atoms with Crippen LogP contribution in [0.15, 0.2) is 12.2 Å². The second kappa shape index (κ2) is 3.87. The number of fused-ring (bicyclic) bond motifs is 1. The van der Waals surface area contributed by atoms with Gasteiger partial charge in [-0.05, 0) is 55.9 Å². The molecule has 3 atom stereocenters. The van der Waals surface area contributed by atoms with E-state index in [0.717, 1.165) is 18.4 Å². The molecule has 0 aromatic rings. The van der Waals surface area contributed by atoms with E-state index in [4.69, 9.17) is 0 Å². The Labute approximate surface area is 99.9 Å². The summed E-state index contributed by atoms with van der Waals surface area (Å²) in [5.41, 5.74) is 0.637. The standard InChI is InChI=1S/C15H26O/c1-11(2)13-7-9-14(4)8-5-6-12(3)15(14,16)10-13/h11,13,16H,3,5-10H2,1-2,4H3/t13-,14-,15-/m0/s1. The fourth-order valence-corrected chi connectivity index (χ4v) is 3.81. The lowest BCUT2D eigenvalue weighted by molar-refractivity contribution is -0.116. The maximum absolute atomic E-state index is 11.0. The average molecular weight is 222 g/mol. The molecular weight excluding hydrogens is 196 g/mol. The molecule has 1 heteroatoms. The molecule has 0 unspecified atom stereocenters. The van der Waals surface area contributed by atoms with Crippen LogP contribution < -0.4 is 0 Å². The van der Waals surface area contributed by atoms with Gasteiger partial charge < -0.3 is 5.11 Å². The van der Waals surface area contributed by atoms with E-state index < -0.39 is 5.60 Å². The molecule has 1 N–H and O–H groups in total. The van der Waals surface area contributed by atoms with Gasteiger partial charge in [-0.3, -0.25) is 0 Å². The largest absolute Gasteiger partial charge is 0.385 e. The van der Waals surface area contributed by atoms with Crippen LogP contribution in [0, 0.1) is 17.3 Å². The first-order valence-electron chi connectivity index (χ1n) is 6.80. The molecule has 16 heavy (non-hydrogen) atoms. The Kier molecular flexibility index (Phi) is 2.94. The van der Waals surface area contributed by atoms with Gasteiger partial charge in [0.15, 0.2) is 0 Å². The van der Waals surface area contributed by atoms with Crippen molar-refractivity contribution in [3.63, 3.8) is 0 Å². The number of aliphatic hydroxyl groups is 1. The smallest absolute Gasteiger partial charge is 0.0910 e. The SMILES string of the molecule is C=C1CCC[C@@]2(C)CC[C@H](C(C)C)C[C@]12O. The first-order chi connectivity index (χ1) is 7.39. The molecule has 0 radical (unpaired) electrons. The van der Waals surface area contributed by atoms with Gasteiger partial charge >= 0.3 is 0 Å². The molecule has 0 aliphatic heterocycles. The molecular formula is C15H26O. The van der Waals surface area contributed by atoms with Gasteiger partial charge in [0.1, 0.15) is 0 Å². The highest BCUT2D eigenvalue weighted by Crippen LogP contribution is 2.56. The molecule has 0 amide bonds. The summed E-state index contributed by atoms with van der Waals surface area (Å²) in [6, 6.07) is 0. The number of hydrogen-bond acceptors (Lipinski definition) is 1. The summed E-state index contributed by atoms with van der Waals surface area (Å²) in [5, 5.41) is 11.0. The second-order valence-corrected chi connectivity index (χ2v) is 6.62. The molecule has 92 valence electrons. The summed E-state index contributed by atoms with van der Waals surface area (Å²) in [6.07, 6.45) is 6.81. The zero-order valence-electron chi connectivity index (χ0n) is 11.1. The molecule has 0 saturated heterocycles. The van der Waals surface area contributed by atoms with Crippen LogP contribution in [0.3, 0.4) is 0 Å². The Hall–Kier alpha value is -0.300. The van der Waals surface area contributed by atoms with E-state index in [2.05, 4.69) is 27.4 Å². The van der Waals surface area contributed by atoms with E-state index in [0.29, 0.717) is 11.8 Å². The fraction of sp³-hybridized carbons (Fsp3) is 0.867. The lowest BCUT2D eigenvalue weighted by Crippen LogP contribution is -2.54. The molecule has 2 aliphatic rings. The lowest BCUT2D eigenvalue weighted by Gasteiger charge is -2.55. The second-order valence-electron chi connectivity index (χ2n) is 6.62. The summed E-state index contributed by atoms with van der Waals surface area (Å²) < 4.78 is 0. The van der Waals surface area contributed by atoms with E-state index in [9.17, 15) is 5.11 Å². The summed E-state index contributed by atoms with van der Waals surface area (Å²) in [6.45, 7) is 11.0. The van der Waals surface area contributed by atoms with Crippen LogP contribution in [-0.2, 0) is 0 Å². The summed E-state index contributed by atoms with van der Waals surface area (Å²) in [5.74, 6) is 1.36. The van der Waals surface area contributed by atoms with Gasteiger partial charge in [-0.25, -0.2) is 0 Å². The van der Waals surface area contributed by atoms with Crippen molar-refractivity contribution in [2.24, 2.45) is 17.3 Å². The molecule has 2 rings (SSSR count). The van der Waals surface area contributed by atoms with E-state index in [-0.39, 0.29) is 5.41 Å². The van der Waals surface area contributed by atoms with Gasteiger partial charge in [-0.15, -0.1) is 0 Å². The van der Waals surface area contributed by atoms with Crippen molar-refractivity contribution >= 4 is 0 Å². The third-order valence-corrected chi connectivity index (χ3v) is 5.36. The van der Waals surface area contributed by atoms with Crippen molar-refractivity contribution < 1.29 is 5.11 Å².